The molecular weight excluding hydrogens is 460 g/mol. The topological polar surface area (TPSA) is 75.7 Å². The Morgan fingerprint density at radius 2 is 1.54 bits per heavy atom. The largest absolute Gasteiger partial charge is 0.495 e. The molecule has 1 amide bonds. The molecule has 7 heteroatoms. The lowest BCUT2D eigenvalue weighted by molar-refractivity contribution is -0.121. The Bertz CT molecular complexity index is 1200. The van der Waals surface area contributed by atoms with Crippen LogP contribution in [-0.2, 0) is 27.7 Å². The average molecular weight is 495 g/mol. The molecular formula is C28H34N2O4S. The van der Waals surface area contributed by atoms with Gasteiger partial charge in [0.05, 0.1) is 13.7 Å². The zero-order valence-electron chi connectivity index (χ0n) is 20.6. The number of sulfonamides is 1. The second-order valence-electron chi connectivity index (χ2n) is 8.72. The van der Waals surface area contributed by atoms with E-state index in [1.54, 1.807) is 18.2 Å². The number of ether oxygens (including phenoxy) is 1. The van der Waals surface area contributed by atoms with Crippen LogP contribution in [0, 0.1) is 6.92 Å². The van der Waals surface area contributed by atoms with Crippen molar-refractivity contribution in [1.82, 2.24) is 9.62 Å². The van der Waals surface area contributed by atoms with Crippen LogP contribution in [0.25, 0.3) is 0 Å². The Kier molecular flexibility index (Phi) is 9.46. The highest BCUT2D eigenvalue weighted by Crippen LogP contribution is 2.28. The summed E-state index contributed by atoms with van der Waals surface area (Å²) in [5.74, 6) is -0.0641. The van der Waals surface area contributed by atoms with Crippen LogP contribution in [0.2, 0.25) is 0 Å². The monoisotopic (exact) mass is 494 g/mol. The molecule has 3 rings (SSSR count). The summed E-state index contributed by atoms with van der Waals surface area (Å²) in [7, 11) is -2.53. The number of aryl methyl sites for hydroxylation is 2. The summed E-state index contributed by atoms with van der Waals surface area (Å²) in [4.78, 5) is 13.0. The molecule has 1 N–H and O–H groups in total. The minimum absolute atomic E-state index is 0.0676. The van der Waals surface area contributed by atoms with Gasteiger partial charge in [0.2, 0.25) is 15.9 Å². The number of hydrogen-bond donors (Lipinski definition) is 1. The third-order valence-electron chi connectivity index (χ3n) is 5.87. The lowest BCUT2D eigenvalue weighted by atomic mass is 10.1. The van der Waals surface area contributed by atoms with Crippen molar-refractivity contribution < 1.29 is 17.9 Å². The van der Waals surface area contributed by atoms with E-state index in [0.717, 1.165) is 24.0 Å². The zero-order valence-corrected chi connectivity index (χ0v) is 21.4. The van der Waals surface area contributed by atoms with E-state index >= 15 is 0 Å². The molecule has 0 heterocycles. The van der Waals surface area contributed by atoms with Crippen molar-refractivity contribution in [2.45, 2.75) is 44.0 Å². The van der Waals surface area contributed by atoms with Crippen LogP contribution in [0.15, 0.2) is 83.8 Å². The number of methoxy groups -OCH3 is 1. The van der Waals surface area contributed by atoms with Crippen molar-refractivity contribution in [1.29, 1.82) is 0 Å². The number of carbonyl (C=O) groups excluding carboxylic acids is 1. The van der Waals surface area contributed by atoms with Crippen LogP contribution < -0.4 is 10.1 Å². The summed E-state index contributed by atoms with van der Waals surface area (Å²) in [6.07, 6.45) is 2.09. The Hall–Kier alpha value is -3.16. The standard InChI is InChI=1S/C28H34N2O4S/c1-22-14-17-26(34-3)27(20-22)35(32,33)30(19-18-25-12-8-5-9-13-25)21-28(31)29-23(2)15-16-24-10-6-4-7-11-24/h4-14,17,20,23H,15-16,18-19,21H2,1-3H3,(H,29,31)/t23-/m0/s1. The number of carbonyl (C=O) groups is 1. The highest BCUT2D eigenvalue weighted by Gasteiger charge is 2.30. The Balaban J connectivity index is 1.75. The van der Waals surface area contributed by atoms with Gasteiger partial charge in [0, 0.05) is 12.6 Å². The molecule has 0 aliphatic carbocycles. The summed E-state index contributed by atoms with van der Waals surface area (Å²) in [6, 6.07) is 24.7. The molecule has 0 aromatic heterocycles. The first kappa shape index (κ1) is 26.4. The maximum Gasteiger partial charge on any atom is 0.247 e. The van der Waals surface area contributed by atoms with E-state index in [2.05, 4.69) is 17.4 Å². The summed E-state index contributed by atoms with van der Waals surface area (Å²) in [5, 5.41) is 2.97. The van der Waals surface area contributed by atoms with Crippen LogP contribution in [0.3, 0.4) is 0 Å². The number of nitrogens with one attached hydrogen (secondary N) is 1. The maximum atomic E-state index is 13.7. The van der Waals surface area contributed by atoms with E-state index in [0.29, 0.717) is 6.42 Å². The molecule has 1 atom stereocenters. The number of hydrogen-bond acceptors (Lipinski definition) is 4. The first-order valence-electron chi connectivity index (χ1n) is 11.8. The molecule has 0 aliphatic heterocycles. The number of amides is 1. The van der Waals surface area contributed by atoms with E-state index in [4.69, 9.17) is 4.74 Å². The predicted molar refractivity (Wildman–Crippen MR) is 139 cm³/mol. The van der Waals surface area contributed by atoms with Crippen LogP contribution >= 0.6 is 0 Å². The summed E-state index contributed by atoms with van der Waals surface area (Å²) >= 11 is 0. The van der Waals surface area contributed by atoms with Gasteiger partial charge in [-0.1, -0.05) is 66.7 Å². The molecule has 0 saturated heterocycles. The van der Waals surface area contributed by atoms with Gasteiger partial charge in [-0.05, 0) is 61.9 Å². The molecule has 0 unspecified atom stereocenters. The molecule has 0 fully saturated rings. The molecule has 0 bridgehead atoms. The van der Waals surface area contributed by atoms with E-state index < -0.39 is 10.0 Å². The van der Waals surface area contributed by atoms with Gasteiger partial charge >= 0.3 is 0 Å². The molecule has 186 valence electrons. The molecule has 3 aromatic rings. The fourth-order valence-electron chi connectivity index (χ4n) is 3.89. The first-order valence-corrected chi connectivity index (χ1v) is 13.3. The summed E-state index contributed by atoms with van der Waals surface area (Å²) in [6.45, 7) is 3.68. The smallest absolute Gasteiger partial charge is 0.247 e. The van der Waals surface area contributed by atoms with Gasteiger partial charge in [0.1, 0.15) is 10.6 Å². The molecule has 3 aromatic carbocycles. The van der Waals surface area contributed by atoms with Crippen molar-refractivity contribution in [3.05, 3.63) is 95.6 Å². The normalized spacial score (nSPS) is 12.3. The molecule has 0 aliphatic rings. The van der Waals surface area contributed by atoms with Crippen LogP contribution in [0.1, 0.15) is 30.0 Å². The van der Waals surface area contributed by atoms with Crippen molar-refractivity contribution in [3.63, 3.8) is 0 Å². The van der Waals surface area contributed by atoms with Crippen molar-refractivity contribution in [2.75, 3.05) is 20.2 Å². The van der Waals surface area contributed by atoms with Crippen molar-refractivity contribution in [3.8, 4) is 5.75 Å². The van der Waals surface area contributed by atoms with Crippen molar-refractivity contribution in [2.24, 2.45) is 0 Å². The molecule has 0 saturated carbocycles. The lowest BCUT2D eigenvalue weighted by Crippen LogP contribution is -2.44. The van der Waals surface area contributed by atoms with Gasteiger partial charge in [0.15, 0.2) is 0 Å². The van der Waals surface area contributed by atoms with Crippen LogP contribution in [-0.4, -0.2) is 44.9 Å². The SMILES string of the molecule is COc1ccc(C)cc1S(=O)(=O)N(CCc1ccccc1)CC(=O)N[C@@H](C)CCc1ccccc1. The zero-order chi connectivity index (χ0) is 25.3. The molecule has 35 heavy (non-hydrogen) atoms. The van der Waals surface area contributed by atoms with Gasteiger partial charge in [-0.25, -0.2) is 8.42 Å². The average Bonchev–Trinajstić information content (AvgIpc) is 2.86. The third-order valence-corrected chi connectivity index (χ3v) is 7.73. The molecule has 0 spiro atoms. The second-order valence-corrected chi connectivity index (χ2v) is 10.6. The quantitative estimate of drug-likeness (QED) is 0.406. The van der Waals surface area contributed by atoms with Crippen LogP contribution in [0.4, 0.5) is 0 Å². The minimum Gasteiger partial charge on any atom is -0.495 e. The van der Waals surface area contributed by atoms with Gasteiger partial charge in [-0.2, -0.15) is 4.31 Å². The number of benzene rings is 3. The van der Waals surface area contributed by atoms with E-state index in [-0.39, 0.29) is 35.7 Å². The maximum absolute atomic E-state index is 13.7. The molecule has 0 radical (unpaired) electrons. The fraction of sp³-hybridized carbons (Fsp3) is 0.321. The summed E-state index contributed by atoms with van der Waals surface area (Å²) < 4.78 is 34.0. The minimum atomic E-state index is -3.98. The highest BCUT2D eigenvalue weighted by molar-refractivity contribution is 7.89. The van der Waals surface area contributed by atoms with Crippen LogP contribution in [0.5, 0.6) is 5.75 Å². The lowest BCUT2D eigenvalue weighted by Gasteiger charge is -2.24. The number of nitrogens with zero attached hydrogens (tertiary/aromatic N) is 1. The van der Waals surface area contributed by atoms with E-state index in [1.165, 1.54) is 17.0 Å². The van der Waals surface area contributed by atoms with Crippen molar-refractivity contribution >= 4 is 15.9 Å². The first-order chi connectivity index (χ1) is 16.8. The van der Waals surface area contributed by atoms with Gasteiger partial charge in [0.25, 0.3) is 0 Å². The Labute approximate surface area is 209 Å². The Morgan fingerprint density at radius 3 is 2.14 bits per heavy atom. The third kappa shape index (κ3) is 7.67. The predicted octanol–water partition coefficient (Wildman–Crippen LogP) is 4.37. The highest BCUT2D eigenvalue weighted by atomic mass is 32.2. The van der Waals surface area contributed by atoms with E-state index in [9.17, 15) is 13.2 Å². The van der Waals surface area contributed by atoms with Gasteiger partial charge in [-0.3, -0.25) is 4.79 Å². The molecule has 6 nitrogen and oxygen atoms in total. The fourth-order valence-corrected chi connectivity index (χ4v) is 5.53. The summed E-state index contributed by atoms with van der Waals surface area (Å²) in [5.41, 5.74) is 3.00. The van der Waals surface area contributed by atoms with Gasteiger partial charge in [-0.15, -0.1) is 0 Å². The Morgan fingerprint density at radius 1 is 0.943 bits per heavy atom. The number of rotatable bonds is 12. The van der Waals surface area contributed by atoms with E-state index in [1.807, 2.05) is 62.4 Å². The second kappa shape index (κ2) is 12.5. The van der Waals surface area contributed by atoms with Gasteiger partial charge < -0.3 is 10.1 Å².